The van der Waals surface area contributed by atoms with Crippen LogP contribution in [0, 0.1) is 19.8 Å². The summed E-state index contributed by atoms with van der Waals surface area (Å²) in [5, 5.41) is 0. The molecule has 0 aliphatic carbocycles. The van der Waals surface area contributed by atoms with E-state index in [9.17, 15) is 8.42 Å². The summed E-state index contributed by atoms with van der Waals surface area (Å²) in [5.74, 6) is 0.755. The maximum atomic E-state index is 13.5. The molecule has 2 aromatic carbocycles. The van der Waals surface area contributed by atoms with Gasteiger partial charge in [0.2, 0.25) is 0 Å². The summed E-state index contributed by atoms with van der Waals surface area (Å²) >= 11 is 0. The van der Waals surface area contributed by atoms with E-state index >= 15 is 0 Å². The summed E-state index contributed by atoms with van der Waals surface area (Å²) < 4.78 is 34.1. The van der Waals surface area contributed by atoms with Gasteiger partial charge in [-0.1, -0.05) is 31.5 Å². The van der Waals surface area contributed by atoms with E-state index in [-0.39, 0.29) is 17.4 Å². The molecule has 0 radical (unpaired) electrons. The van der Waals surface area contributed by atoms with Gasteiger partial charge in [0.05, 0.1) is 16.3 Å². The predicted octanol–water partition coefficient (Wildman–Crippen LogP) is 4.52. The van der Waals surface area contributed by atoms with E-state index in [1.165, 1.54) is 10.6 Å². The van der Waals surface area contributed by atoms with E-state index in [1.807, 2.05) is 45.9 Å². The van der Waals surface area contributed by atoms with Gasteiger partial charge >= 0.3 is 0 Å². The number of rotatable bonds is 8. The summed E-state index contributed by atoms with van der Waals surface area (Å²) in [7, 11) is -3.71. The molecule has 1 heterocycles. The number of ether oxygens (including phenoxy) is 1. The maximum Gasteiger partial charge on any atom is 0.264 e. The first-order valence-electron chi connectivity index (χ1n) is 9.85. The monoisotopic (exact) mass is 425 g/mol. The first-order chi connectivity index (χ1) is 14.3. The van der Waals surface area contributed by atoms with Gasteiger partial charge in [-0.2, -0.15) is 0 Å². The quantitative estimate of drug-likeness (QED) is 0.530. The molecule has 0 amide bonds. The molecule has 0 saturated carbocycles. The third-order valence-electron chi connectivity index (χ3n) is 4.59. The number of sulfonamides is 1. The average Bonchev–Trinajstić information content (AvgIpc) is 2.72. The Morgan fingerprint density at radius 1 is 1.03 bits per heavy atom. The van der Waals surface area contributed by atoms with Crippen molar-refractivity contribution in [2.45, 2.75) is 39.2 Å². The van der Waals surface area contributed by atoms with Gasteiger partial charge in [-0.25, -0.2) is 18.4 Å². The van der Waals surface area contributed by atoms with E-state index in [2.05, 4.69) is 9.97 Å². The second-order valence-electron chi connectivity index (χ2n) is 7.68. The topological polar surface area (TPSA) is 72.4 Å². The van der Waals surface area contributed by atoms with Crippen LogP contribution in [-0.4, -0.2) is 24.9 Å². The van der Waals surface area contributed by atoms with Crippen LogP contribution in [0.25, 0.3) is 0 Å². The minimum Gasteiger partial charge on any atom is -0.487 e. The Morgan fingerprint density at radius 3 is 2.37 bits per heavy atom. The van der Waals surface area contributed by atoms with E-state index in [0.717, 1.165) is 16.8 Å². The van der Waals surface area contributed by atoms with Crippen LogP contribution >= 0.6 is 0 Å². The van der Waals surface area contributed by atoms with Crippen molar-refractivity contribution in [3.63, 3.8) is 0 Å². The van der Waals surface area contributed by atoms with Gasteiger partial charge in [0.15, 0.2) is 0 Å². The number of anilines is 1. The molecule has 6 nitrogen and oxygen atoms in total. The van der Waals surface area contributed by atoms with Gasteiger partial charge in [-0.15, -0.1) is 0 Å². The summed E-state index contributed by atoms with van der Waals surface area (Å²) in [4.78, 5) is 8.22. The third-order valence-corrected chi connectivity index (χ3v) is 6.39. The Hall–Kier alpha value is -2.93. The molecule has 3 rings (SSSR count). The van der Waals surface area contributed by atoms with E-state index < -0.39 is 10.0 Å². The highest BCUT2D eigenvalue weighted by atomic mass is 32.2. The predicted molar refractivity (Wildman–Crippen MR) is 118 cm³/mol. The molecule has 0 aliphatic heterocycles. The molecule has 3 aromatic rings. The van der Waals surface area contributed by atoms with Crippen molar-refractivity contribution < 1.29 is 13.2 Å². The van der Waals surface area contributed by atoms with Crippen molar-refractivity contribution in [1.82, 2.24) is 9.97 Å². The number of aryl methyl sites for hydroxylation is 2. The van der Waals surface area contributed by atoms with Gasteiger partial charge in [0.25, 0.3) is 10.0 Å². The molecule has 0 unspecified atom stereocenters. The van der Waals surface area contributed by atoms with Crippen molar-refractivity contribution in [3.05, 3.63) is 77.9 Å². The van der Waals surface area contributed by atoms with Crippen LogP contribution in [-0.2, 0) is 16.6 Å². The fourth-order valence-corrected chi connectivity index (χ4v) is 4.83. The number of aromatic nitrogens is 2. The molecule has 30 heavy (non-hydrogen) atoms. The molecule has 0 aliphatic rings. The molecule has 0 fully saturated rings. The number of hydrogen-bond acceptors (Lipinski definition) is 5. The smallest absolute Gasteiger partial charge is 0.264 e. The normalized spacial score (nSPS) is 11.5. The zero-order valence-corrected chi connectivity index (χ0v) is 18.6. The molecule has 7 heteroatoms. The van der Waals surface area contributed by atoms with Crippen molar-refractivity contribution in [1.29, 1.82) is 0 Å². The van der Waals surface area contributed by atoms with Gasteiger partial charge in [-0.05, 0) is 61.7 Å². The second kappa shape index (κ2) is 9.26. The molecule has 1 aromatic heterocycles. The lowest BCUT2D eigenvalue weighted by molar-refractivity contribution is 0.301. The lowest BCUT2D eigenvalue weighted by atomic mass is 10.1. The van der Waals surface area contributed by atoms with Crippen LogP contribution in [0.1, 0.15) is 30.7 Å². The highest BCUT2D eigenvalue weighted by molar-refractivity contribution is 7.92. The Morgan fingerprint density at radius 2 is 1.77 bits per heavy atom. The summed E-state index contributed by atoms with van der Waals surface area (Å²) in [6.45, 7) is 8.65. The van der Waals surface area contributed by atoms with Gasteiger partial charge in [0, 0.05) is 12.7 Å². The Kier molecular flexibility index (Phi) is 6.72. The summed E-state index contributed by atoms with van der Waals surface area (Å²) in [6.07, 6.45) is 3.11. The SMILES string of the molecule is Cc1ccc(N(CC(C)C)S(=O)(=O)c2ccc(OCc3ccncn3)cc2)c(C)c1. The fourth-order valence-electron chi connectivity index (χ4n) is 3.14. The lowest BCUT2D eigenvalue weighted by Gasteiger charge is -2.28. The van der Waals surface area contributed by atoms with E-state index in [4.69, 9.17) is 4.74 Å². The van der Waals surface area contributed by atoms with Crippen LogP contribution in [0.3, 0.4) is 0 Å². The molecule has 0 saturated heterocycles. The molecule has 0 atom stereocenters. The minimum atomic E-state index is -3.71. The van der Waals surface area contributed by atoms with Crippen molar-refractivity contribution in [2.75, 3.05) is 10.8 Å². The average molecular weight is 426 g/mol. The largest absolute Gasteiger partial charge is 0.487 e. The van der Waals surface area contributed by atoms with Crippen molar-refractivity contribution in [3.8, 4) is 5.75 Å². The summed E-state index contributed by atoms with van der Waals surface area (Å²) in [6, 6.07) is 14.1. The fraction of sp³-hybridized carbons (Fsp3) is 0.304. The lowest BCUT2D eigenvalue weighted by Crippen LogP contribution is -2.34. The number of hydrogen-bond donors (Lipinski definition) is 0. The van der Waals surface area contributed by atoms with Crippen molar-refractivity contribution >= 4 is 15.7 Å². The van der Waals surface area contributed by atoms with Crippen LogP contribution in [0.4, 0.5) is 5.69 Å². The van der Waals surface area contributed by atoms with Crippen LogP contribution in [0.15, 0.2) is 66.0 Å². The van der Waals surface area contributed by atoms with Gasteiger partial charge in [0.1, 0.15) is 18.7 Å². The number of benzene rings is 2. The Bertz CT molecular complexity index is 1080. The summed E-state index contributed by atoms with van der Waals surface area (Å²) in [5.41, 5.74) is 3.49. The van der Waals surface area contributed by atoms with Gasteiger partial charge in [-0.3, -0.25) is 4.31 Å². The Labute approximate surface area is 178 Å². The molecular formula is C23H27N3O3S. The second-order valence-corrected chi connectivity index (χ2v) is 9.54. The van der Waals surface area contributed by atoms with Crippen molar-refractivity contribution in [2.24, 2.45) is 5.92 Å². The van der Waals surface area contributed by atoms with Crippen LogP contribution in [0.5, 0.6) is 5.75 Å². The van der Waals surface area contributed by atoms with E-state index in [1.54, 1.807) is 36.5 Å². The zero-order chi connectivity index (χ0) is 21.7. The number of nitrogens with zero attached hydrogens (tertiary/aromatic N) is 3. The molecule has 0 N–H and O–H groups in total. The Balaban J connectivity index is 1.85. The highest BCUT2D eigenvalue weighted by Crippen LogP contribution is 2.29. The third kappa shape index (κ3) is 5.16. The first-order valence-corrected chi connectivity index (χ1v) is 11.3. The highest BCUT2D eigenvalue weighted by Gasteiger charge is 2.27. The van der Waals surface area contributed by atoms with Crippen LogP contribution in [0.2, 0.25) is 0 Å². The molecular weight excluding hydrogens is 398 g/mol. The molecule has 0 spiro atoms. The molecule has 0 bridgehead atoms. The zero-order valence-electron chi connectivity index (χ0n) is 17.7. The standard InChI is InChI=1S/C23H27N3O3S/c1-17(2)14-26(23-10-5-18(3)13-19(23)4)30(27,28)22-8-6-21(7-9-22)29-15-20-11-12-24-16-25-20/h5-13,16-17H,14-15H2,1-4H3. The van der Waals surface area contributed by atoms with E-state index in [0.29, 0.717) is 18.0 Å². The van der Waals surface area contributed by atoms with Gasteiger partial charge < -0.3 is 4.74 Å². The molecule has 158 valence electrons. The van der Waals surface area contributed by atoms with Crippen LogP contribution < -0.4 is 9.04 Å². The first kappa shape index (κ1) is 21.8. The maximum absolute atomic E-state index is 13.5. The minimum absolute atomic E-state index is 0.177.